The first-order valence-electron chi connectivity index (χ1n) is 6.40. The highest BCUT2D eigenvalue weighted by Gasteiger charge is 1.91. The molecule has 0 fully saturated rings. The van der Waals surface area contributed by atoms with Crippen LogP contribution in [0.2, 0.25) is 0 Å². The van der Waals surface area contributed by atoms with E-state index in [2.05, 4.69) is 13.0 Å². The van der Waals surface area contributed by atoms with Crippen LogP contribution in [-0.4, -0.2) is 6.29 Å². The largest absolute Gasteiger partial charge is 0.303 e. The van der Waals surface area contributed by atoms with E-state index in [1.807, 2.05) is 6.92 Å². The number of hydrogen-bond acceptors (Lipinski definition) is 1. The van der Waals surface area contributed by atoms with Gasteiger partial charge in [0.25, 0.3) is 0 Å². The fourth-order valence-corrected chi connectivity index (χ4v) is 1.66. The predicted octanol–water partition coefficient (Wildman–Crippen LogP) is 4.66. The number of hydrogen-bond donors (Lipinski definition) is 0. The molecule has 0 aromatic carbocycles. The van der Waals surface area contributed by atoms with Crippen LogP contribution in [0.25, 0.3) is 0 Å². The molecule has 0 saturated heterocycles. The van der Waals surface area contributed by atoms with Gasteiger partial charge in [0.05, 0.1) is 0 Å². The van der Waals surface area contributed by atoms with E-state index >= 15 is 0 Å². The molecule has 0 aliphatic heterocycles. The van der Waals surface area contributed by atoms with Gasteiger partial charge in [-0.25, -0.2) is 0 Å². The van der Waals surface area contributed by atoms with E-state index in [0.29, 0.717) is 6.42 Å². The van der Waals surface area contributed by atoms with Crippen molar-refractivity contribution in [2.45, 2.75) is 71.6 Å². The zero-order valence-corrected chi connectivity index (χ0v) is 10.4. The molecule has 0 rings (SSSR count). The summed E-state index contributed by atoms with van der Waals surface area (Å²) in [5.74, 6) is 0. The zero-order chi connectivity index (χ0) is 11.4. The van der Waals surface area contributed by atoms with Crippen molar-refractivity contribution < 1.29 is 4.79 Å². The number of unbranched alkanes of at least 4 members (excludes halogenated alkanes) is 7. The van der Waals surface area contributed by atoms with E-state index in [-0.39, 0.29) is 0 Å². The quantitative estimate of drug-likeness (QED) is 0.291. The highest BCUT2D eigenvalue weighted by molar-refractivity contribution is 5.53. The lowest BCUT2D eigenvalue weighted by atomic mass is 10.1. The summed E-state index contributed by atoms with van der Waals surface area (Å²) in [6.07, 6.45) is 14.5. The second-order valence-corrected chi connectivity index (χ2v) is 4.33. The minimum Gasteiger partial charge on any atom is -0.303 e. The van der Waals surface area contributed by atoms with Crippen molar-refractivity contribution in [1.82, 2.24) is 0 Å². The Balaban J connectivity index is 3.17. The number of carbonyl (C=O) groups is 1. The molecule has 0 saturated carbocycles. The molecule has 1 heteroatoms. The van der Waals surface area contributed by atoms with Crippen molar-refractivity contribution in [3.63, 3.8) is 0 Å². The van der Waals surface area contributed by atoms with Gasteiger partial charge in [-0.1, -0.05) is 57.1 Å². The van der Waals surface area contributed by atoms with Gasteiger partial charge >= 0.3 is 0 Å². The van der Waals surface area contributed by atoms with Crippen LogP contribution < -0.4 is 0 Å². The number of allylic oxidation sites excluding steroid dienone is 2. The molecule has 88 valence electrons. The summed E-state index contributed by atoms with van der Waals surface area (Å²) in [4.78, 5) is 10.2. The summed E-state index contributed by atoms with van der Waals surface area (Å²) in [6.45, 7) is 4.29. The first-order valence-corrected chi connectivity index (χ1v) is 6.40. The Morgan fingerprint density at radius 2 is 1.60 bits per heavy atom. The molecule has 0 aliphatic rings. The van der Waals surface area contributed by atoms with Gasteiger partial charge in [-0.15, -0.1) is 0 Å². The number of aldehydes is 1. The Bertz CT molecular complexity index is 170. The van der Waals surface area contributed by atoms with Crippen LogP contribution in [0.15, 0.2) is 11.6 Å². The Kier molecular flexibility index (Phi) is 11.0. The smallest absolute Gasteiger partial charge is 0.124 e. The molecule has 0 unspecified atom stereocenters. The minimum atomic E-state index is 0.608. The topological polar surface area (TPSA) is 17.1 Å². The van der Waals surface area contributed by atoms with Gasteiger partial charge in [-0.3, -0.25) is 0 Å². The molecule has 0 amide bonds. The Labute approximate surface area is 95.0 Å². The maximum Gasteiger partial charge on any atom is 0.124 e. The summed E-state index contributed by atoms with van der Waals surface area (Å²) in [6, 6.07) is 0. The van der Waals surface area contributed by atoms with Gasteiger partial charge in [0.1, 0.15) is 6.29 Å². The monoisotopic (exact) mass is 210 g/mol. The second kappa shape index (κ2) is 11.5. The van der Waals surface area contributed by atoms with Crippen LogP contribution in [0.4, 0.5) is 0 Å². The molecule has 0 aliphatic carbocycles. The molecule has 15 heavy (non-hydrogen) atoms. The van der Waals surface area contributed by atoms with Gasteiger partial charge in [0.15, 0.2) is 0 Å². The van der Waals surface area contributed by atoms with Gasteiger partial charge in [0.2, 0.25) is 0 Å². The lowest BCUT2D eigenvalue weighted by Gasteiger charge is -1.99. The second-order valence-electron chi connectivity index (χ2n) is 4.33. The number of rotatable bonds is 10. The predicted molar refractivity (Wildman–Crippen MR) is 67.0 cm³/mol. The molecular weight excluding hydrogens is 184 g/mol. The molecule has 0 atom stereocenters. The molecule has 0 radical (unpaired) electrons. The maximum atomic E-state index is 10.2. The molecule has 0 bridgehead atoms. The van der Waals surface area contributed by atoms with Gasteiger partial charge in [-0.2, -0.15) is 0 Å². The Hall–Kier alpha value is -0.590. The van der Waals surface area contributed by atoms with E-state index < -0.39 is 0 Å². The Morgan fingerprint density at radius 3 is 2.20 bits per heavy atom. The molecule has 0 aromatic heterocycles. The average molecular weight is 210 g/mol. The Morgan fingerprint density at radius 1 is 1.00 bits per heavy atom. The van der Waals surface area contributed by atoms with E-state index in [1.165, 1.54) is 50.5 Å². The summed E-state index contributed by atoms with van der Waals surface area (Å²) in [5.41, 5.74) is 1.22. The van der Waals surface area contributed by atoms with E-state index in [1.54, 1.807) is 0 Å². The molecule has 0 heterocycles. The third-order valence-electron chi connectivity index (χ3n) is 2.71. The highest BCUT2D eigenvalue weighted by atomic mass is 16.1. The fraction of sp³-hybridized carbons (Fsp3) is 0.786. The third-order valence-corrected chi connectivity index (χ3v) is 2.71. The first kappa shape index (κ1) is 14.4. The van der Waals surface area contributed by atoms with E-state index in [4.69, 9.17) is 0 Å². The van der Waals surface area contributed by atoms with Crippen LogP contribution in [-0.2, 0) is 4.79 Å². The fourth-order valence-electron chi connectivity index (χ4n) is 1.66. The van der Waals surface area contributed by atoms with Gasteiger partial charge in [0, 0.05) is 6.42 Å². The summed E-state index contributed by atoms with van der Waals surface area (Å²) in [5, 5.41) is 0. The number of carbonyl (C=O) groups excluding carboxylic acids is 1. The molecule has 0 N–H and O–H groups in total. The SMILES string of the molecule is CCCCCCCCCC=C(C)CC=O. The summed E-state index contributed by atoms with van der Waals surface area (Å²) < 4.78 is 0. The van der Waals surface area contributed by atoms with Crippen molar-refractivity contribution in [2.75, 3.05) is 0 Å². The van der Waals surface area contributed by atoms with Crippen LogP contribution >= 0.6 is 0 Å². The van der Waals surface area contributed by atoms with Crippen molar-refractivity contribution in [3.05, 3.63) is 11.6 Å². The standard InChI is InChI=1S/C14H26O/c1-3-4-5-6-7-8-9-10-11-14(2)12-13-15/h11,13H,3-10,12H2,1-2H3. The van der Waals surface area contributed by atoms with Crippen molar-refractivity contribution in [2.24, 2.45) is 0 Å². The van der Waals surface area contributed by atoms with Crippen molar-refractivity contribution >= 4 is 6.29 Å². The maximum absolute atomic E-state index is 10.2. The van der Waals surface area contributed by atoms with Crippen LogP contribution in [0.5, 0.6) is 0 Å². The van der Waals surface area contributed by atoms with Crippen LogP contribution in [0.1, 0.15) is 71.6 Å². The van der Waals surface area contributed by atoms with Crippen LogP contribution in [0, 0.1) is 0 Å². The van der Waals surface area contributed by atoms with Gasteiger partial charge < -0.3 is 4.79 Å². The molecule has 1 nitrogen and oxygen atoms in total. The first-order chi connectivity index (χ1) is 7.31. The van der Waals surface area contributed by atoms with Crippen LogP contribution in [0.3, 0.4) is 0 Å². The summed E-state index contributed by atoms with van der Waals surface area (Å²) in [7, 11) is 0. The lowest BCUT2D eigenvalue weighted by Crippen LogP contribution is -1.81. The van der Waals surface area contributed by atoms with E-state index in [9.17, 15) is 4.79 Å². The van der Waals surface area contributed by atoms with Crippen molar-refractivity contribution in [1.29, 1.82) is 0 Å². The summed E-state index contributed by atoms with van der Waals surface area (Å²) >= 11 is 0. The third kappa shape index (κ3) is 11.3. The van der Waals surface area contributed by atoms with E-state index in [0.717, 1.165) is 12.7 Å². The zero-order valence-electron chi connectivity index (χ0n) is 10.4. The van der Waals surface area contributed by atoms with Crippen molar-refractivity contribution in [3.8, 4) is 0 Å². The molecular formula is C14H26O. The molecule has 0 aromatic rings. The lowest BCUT2D eigenvalue weighted by molar-refractivity contribution is -0.107. The average Bonchev–Trinajstić information content (AvgIpc) is 2.22. The van der Waals surface area contributed by atoms with Gasteiger partial charge in [-0.05, 0) is 19.8 Å². The highest BCUT2D eigenvalue weighted by Crippen LogP contribution is 2.09. The molecule has 0 spiro atoms. The minimum absolute atomic E-state index is 0.608. The normalized spacial score (nSPS) is 11.7.